The second kappa shape index (κ2) is 10.7. The predicted octanol–water partition coefficient (Wildman–Crippen LogP) is 1.57. The summed E-state index contributed by atoms with van der Waals surface area (Å²) in [5.41, 5.74) is 0.445. The molecule has 0 amide bonds. The predicted molar refractivity (Wildman–Crippen MR) is 108 cm³/mol. The van der Waals surface area contributed by atoms with E-state index in [-0.39, 0.29) is 11.8 Å². The van der Waals surface area contributed by atoms with E-state index in [2.05, 4.69) is 20.5 Å². The third-order valence-electron chi connectivity index (χ3n) is 4.72. The van der Waals surface area contributed by atoms with Crippen LogP contribution < -0.4 is 10.6 Å². The van der Waals surface area contributed by atoms with Crippen molar-refractivity contribution >= 4 is 15.8 Å². The van der Waals surface area contributed by atoms with Crippen LogP contribution in [0.15, 0.2) is 23.2 Å². The first-order chi connectivity index (χ1) is 13.3. The summed E-state index contributed by atoms with van der Waals surface area (Å²) < 4.78 is 49.3. The summed E-state index contributed by atoms with van der Waals surface area (Å²) in [6.45, 7) is 5.34. The fraction of sp³-hybridized carbons (Fsp3) is 0.632. The van der Waals surface area contributed by atoms with Crippen LogP contribution in [0, 0.1) is 11.6 Å². The summed E-state index contributed by atoms with van der Waals surface area (Å²) in [7, 11) is -2.94. The van der Waals surface area contributed by atoms with Crippen molar-refractivity contribution in [2.75, 3.05) is 44.7 Å². The van der Waals surface area contributed by atoms with Crippen molar-refractivity contribution in [3.05, 3.63) is 35.4 Å². The minimum Gasteiger partial charge on any atom is -0.357 e. The first kappa shape index (κ1) is 22.5. The summed E-state index contributed by atoms with van der Waals surface area (Å²) in [6.07, 6.45) is 3.46. The number of nitrogens with one attached hydrogen (secondary N) is 2. The first-order valence-electron chi connectivity index (χ1n) is 9.65. The van der Waals surface area contributed by atoms with Gasteiger partial charge in [0.15, 0.2) is 5.96 Å². The van der Waals surface area contributed by atoms with Crippen LogP contribution in [0.3, 0.4) is 0 Å². The average molecular weight is 417 g/mol. The first-order valence-corrected chi connectivity index (χ1v) is 11.7. The topological polar surface area (TPSA) is 73.8 Å². The van der Waals surface area contributed by atoms with Crippen LogP contribution in [0.4, 0.5) is 8.78 Å². The van der Waals surface area contributed by atoms with E-state index in [0.29, 0.717) is 37.6 Å². The van der Waals surface area contributed by atoms with Crippen molar-refractivity contribution in [2.24, 2.45) is 4.99 Å². The molecule has 2 rings (SSSR count). The second-order valence-electron chi connectivity index (χ2n) is 7.14. The Morgan fingerprint density at radius 3 is 2.61 bits per heavy atom. The molecule has 158 valence electrons. The number of hydrogen-bond donors (Lipinski definition) is 2. The molecule has 0 aliphatic carbocycles. The number of halogens is 2. The van der Waals surface area contributed by atoms with Crippen molar-refractivity contribution in [1.82, 2.24) is 15.5 Å². The Bertz CT molecular complexity index is 763. The number of hydrogen-bond acceptors (Lipinski definition) is 4. The number of aliphatic imine (C=N–C) groups is 1. The fourth-order valence-electron chi connectivity index (χ4n) is 3.12. The fourth-order valence-corrected chi connectivity index (χ4v) is 3.71. The van der Waals surface area contributed by atoms with Gasteiger partial charge in [-0.25, -0.2) is 17.2 Å². The molecule has 0 radical (unpaired) electrons. The van der Waals surface area contributed by atoms with Crippen molar-refractivity contribution in [3.63, 3.8) is 0 Å². The molecule has 0 spiro atoms. The quantitative estimate of drug-likeness (QED) is 0.497. The van der Waals surface area contributed by atoms with Crippen molar-refractivity contribution < 1.29 is 17.2 Å². The van der Waals surface area contributed by atoms with Gasteiger partial charge in [-0.05, 0) is 37.8 Å². The summed E-state index contributed by atoms with van der Waals surface area (Å²) in [5, 5.41) is 6.59. The van der Waals surface area contributed by atoms with E-state index in [9.17, 15) is 17.2 Å². The molecule has 0 atom stereocenters. The third kappa shape index (κ3) is 8.10. The lowest BCUT2D eigenvalue weighted by Gasteiger charge is -2.32. The molecule has 6 nitrogen and oxygen atoms in total. The van der Waals surface area contributed by atoms with Gasteiger partial charge in [-0.15, -0.1) is 0 Å². The van der Waals surface area contributed by atoms with E-state index in [4.69, 9.17) is 0 Å². The van der Waals surface area contributed by atoms with Gasteiger partial charge in [-0.3, -0.25) is 4.99 Å². The van der Waals surface area contributed by atoms with Gasteiger partial charge in [-0.1, -0.05) is 6.07 Å². The van der Waals surface area contributed by atoms with E-state index in [1.54, 1.807) is 0 Å². The van der Waals surface area contributed by atoms with Gasteiger partial charge < -0.3 is 15.5 Å². The summed E-state index contributed by atoms with van der Waals surface area (Å²) in [6, 6.07) is 3.85. The van der Waals surface area contributed by atoms with Gasteiger partial charge >= 0.3 is 0 Å². The smallest absolute Gasteiger partial charge is 0.191 e. The highest BCUT2D eigenvalue weighted by Crippen LogP contribution is 2.11. The third-order valence-corrected chi connectivity index (χ3v) is 5.64. The SMILES string of the molecule is CCNC(=NCCc1ccc(F)cc1F)NC1CCN(CCS(C)(=O)=O)CC1. The van der Waals surface area contributed by atoms with Gasteiger partial charge in [0.1, 0.15) is 21.5 Å². The number of piperidine rings is 1. The number of nitrogens with zero attached hydrogens (tertiary/aromatic N) is 2. The normalized spacial score (nSPS) is 16.9. The van der Waals surface area contributed by atoms with Crippen molar-refractivity contribution in [2.45, 2.75) is 32.2 Å². The van der Waals surface area contributed by atoms with Crippen LogP contribution in [0.5, 0.6) is 0 Å². The lowest BCUT2D eigenvalue weighted by Crippen LogP contribution is -2.49. The van der Waals surface area contributed by atoms with E-state index in [1.165, 1.54) is 18.4 Å². The summed E-state index contributed by atoms with van der Waals surface area (Å²) in [5.74, 6) is -0.258. The molecule has 1 aliphatic rings. The molecule has 1 saturated heterocycles. The van der Waals surface area contributed by atoms with Crippen molar-refractivity contribution in [1.29, 1.82) is 0 Å². The van der Waals surface area contributed by atoms with Gasteiger partial charge in [0.25, 0.3) is 0 Å². The Morgan fingerprint density at radius 1 is 1.29 bits per heavy atom. The molecule has 0 unspecified atom stereocenters. The van der Waals surface area contributed by atoms with E-state index < -0.39 is 21.5 Å². The van der Waals surface area contributed by atoms with Gasteiger partial charge in [-0.2, -0.15) is 0 Å². The molecule has 1 heterocycles. The minimum absolute atomic E-state index is 0.190. The number of sulfone groups is 1. The monoisotopic (exact) mass is 416 g/mol. The van der Waals surface area contributed by atoms with Gasteiger partial charge in [0, 0.05) is 51.1 Å². The summed E-state index contributed by atoms with van der Waals surface area (Å²) in [4.78, 5) is 6.66. The molecule has 1 fully saturated rings. The second-order valence-corrected chi connectivity index (χ2v) is 9.40. The Morgan fingerprint density at radius 2 is 2.00 bits per heavy atom. The lowest BCUT2D eigenvalue weighted by atomic mass is 10.1. The van der Waals surface area contributed by atoms with Crippen LogP contribution in [-0.2, 0) is 16.3 Å². The maximum Gasteiger partial charge on any atom is 0.191 e. The zero-order valence-corrected chi connectivity index (χ0v) is 17.4. The summed E-state index contributed by atoms with van der Waals surface area (Å²) >= 11 is 0. The van der Waals surface area contributed by atoms with E-state index in [0.717, 1.165) is 32.0 Å². The Kier molecular flexibility index (Phi) is 8.62. The molecule has 9 heteroatoms. The number of likely N-dealkylation sites (tertiary alicyclic amines) is 1. The Hall–Kier alpha value is -1.74. The standard InChI is InChI=1S/C19H30F2N4O2S/c1-3-22-19(23-9-6-15-4-5-16(20)14-18(15)21)24-17-7-10-25(11-8-17)12-13-28(2,26)27/h4-5,14,17H,3,6-13H2,1-2H3,(H2,22,23,24). The zero-order chi connectivity index (χ0) is 20.6. The highest BCUT2D eigenvalue weighted by molar-refractivity contribution is 7.90. The lowest BCUT2D eigenvalue weighted by molar-refractivity contribution is 0.216. The largest absolute Gasteiger partial charge is 0.357 e. The zero-order valence-electron chi connectivity index (χ0n) is 16.5. The van der Waals surface area contributed by atoms with Crippen LogP contribution in [0.1, 0.15) is 25.3 Å². The highest BCUT2D eigenvalue weighted by atomic mass is 32.2. The average Bonchev–Trinajstić information content (AvgIpc) is 2.62. The van der Waals surface area contributed by atoms with Crippen LogP contribution >= 0.6 is 0 Å². The highest BCUT2D eigenvalue weighted by Gasteiger charge is 2.20. The molecule has 1 aliphatic heterocycles. The Labute approximate surface area is 166 Å². The number of benzene rings is 1. The Balaban J connectivity index is 1.81. The van der Waals surface area contributed by atoms with E-state index in [1.807, 2.05) is 6.92 Å². The molecule has 0 bridgehead atoms. The minimum atomic E-state index is -2.94. The maximum atomic E-state index is 13.7. The molecule has 1 aromatic carbocycles. The maximum absolute atomic E-state index is 13.7. The van der Waals surface area contributed by atoms with Gasteiger partial charge in [0.2, 0.25) is 0 Å². The van der Waals surface area contributed by atoms with Crippen LogP contribution in [0.2, 0.25) is 0 Å². The van der Waals surface area contributed by atoms with Gasteiger partial charge in [0.05, 0.1) is 5.75 Å². The van der Waals surface area contributed by atoms with Crippen LogP contribution in [-0.4, -0.2) is 70.1 Å². The molecule has 1 aromatic rings. The molecule has 0 aromatic heterocycles. The molecular formula is C19H30F2N4O2S. The van der Waals surface area contributed by atoms with Crippen LogP contribution in [0.25, 0.3) is 0 Å². The van der Waals surface area contributed by atoms with Crippen molar-refractivity contribution in [3.8, 4) is 0 Å². The molecule has 28 heavy (non-hydrogen) atoms. The number of guanidine groups is 1. The molecule has 0 saturated carbocycles. The molecule has 2 N–H and O–H groups in total. The van der Waals surface area contributed by atoms with E-state index >= 15 is 0 Å². The number of rotatable bonds is 8. The molecular weight excluding hydrogens is 386 g/mol.